The number of para-hydroxylation sites is 1. The van der Waals surface area contributed by atoms with Crippen molar-refractivity contribution in [2.24, 2.45) is 27.9 Å². The number of carbonyl (C=O) groups excluding carboxylic acids is 10. The molecule has 1 fully saturated rings. The highest BCUT2D eigenvalue weighted by atomic mass is 16.2. The number of nitrogens with two attached hydrogens (primary N) is 4. The van der Waals surface area contributed by atoms with Crippen LogP contribution in [-0.4, -0.2) is 143 Å². The van der Waals surface area contributed by atoms with Crippen LogP contribution >= 0.6 is 0 Å². The summed E-state index contributed by atoms with van der Waals surface area (Å²) in [6.07, 6.45) is 5.61. The van der Waals surface area contributed by atoms with Crippen molar-refractivity contribution in [1.82, 2.24) is 62.8 Å². The first-order valence-corrected chi connectivity index (χ1v) is 25.4. The van der Waals surface area contributed by atoms with Crippen molar-refractivity contribution >= 4 is 76.1 Å². The van der Waals surface area contributed by atoms with Gasteiger partial charge in [-0.15, -0.1) is 0 Å². The minimum atomic E-state index is -1.55. The number of nitrogens with one attached hydrogen (secondary N) is 11. The zero-order valence-electron chi connectivity index (χ0n) is 44.4. The number of primary amides is 2. The zero-order chi connectivity index (χ0) is 57.6. The lowest BCUT2D eigenvalue weighted by Gasteiger charge is -2.27. The van der Waals surface area contributed by atoms with E-state index in [-0.39, 0.29) is 57.6 Å². The summed E-state index contributed by atoms with van der Waals surface area (Å²) in [5.41, 5.74) is 24.3. The van der Waals surface area contributed by atoms with Gasteiger partial charge in [0.15, 0.2) is 5.96 Å². The Kier molecular flexibility index (Phi) is 27.4. The quantitative estimate of drug-likeness (QED) is 0.0371. The Balaban J connectivity index is 0.000000790. The van der Waals surface area contributed by atoms with E-state index in [1.165, 1.54) is 42.8 Å². The summed E-state index contributed by atoms with van der Waals surface area (Å²) >= 11 is 0. The minimum Gasteiger partial charge on any atom is -0.370 e. The Labute approximate surface area is 451 Å². The molecule has 0 bridgehead atoms. The Bertz CT molecular complexity index is 2640. The number of carbonyl (C=O) groups is 10. The van der Waals surface area contributed by atoms with Crippen LogP contribution in [0.4, 0.5) is 4.79 Å². The molecule has 3 unspecified atom stereocenters. The van der Waals surface area contributed by atoms with Gasteiger partial charge in [-0.05, 0) is 69.6 Å². The molecule has 0 aliphatic carbocycles. The topological polar surface area (TPSA) is 440 Å². The fraction of sp³-hybridized carbons (Fsp3) is 0.451. The summed E-state index contributed by atoms with van der Waals surface area (Å²) in [5, 5.41) is 24.0. The average molecular weight is 1090 g/mol. The number of aryl methyl sites for hydroxylation is 1. The van der Waals surface area contributed by atoms with Crippen LogP contribution in [0, 0.1) is 6.92 Å². The second kappa shape index (κ2) is 33.8. The number of rotatable bonds is 14. The van der Waals surface area contributed by atoms with Gasteiger partial charge in [-0.1, -0.05) is 55.5 Å². The summed E-state index contributed by atoms with van der Waals surface area (Å²) in [7, 11) is 0. The zero-order valence-corrected chi connectivity index (χ0v) is 44.4. The number of amides is 11. The van der Waals surface area contributed by atoms with Crippen LogP contribution in [0.25, 0.3) is 10.9 Å². The molecule has 0 saturated carbocycles. The van der Waals surface area contributed by atoms with Gasteiger partial charge in [0.2, 0.25) is 53.2 Å². The molecule has 1 aliphatic heterocycles. The number of hydrogen-bond donors (Lipinski definition) is 15. The van der Waals surface area contributed by atoms with Crippen LogP contribution in [0.1, 0.15) is 82.5 Å². The standard InChI is InChI=1S/C38H55N13O10.C9H9N.C4H11N3/c1-21-33(56)48-25(32(39)55)11-6-7-13-42-30(53)17-29(47-31(54)19-44-22(2)52)37(60)51-28(16-24-18-41-20-45-24)36(59)50-27(15-23-9-4-3-5-10-23)35(58)49-26(34(57)46-21)12-8-14-43-38(40)61;1-7-6-10-9-5-3-2-4-8(7)9;1-2-3-7-4(5)6/h3-5,9-10,18,20-21,25-29H,6-8,11-17,19H2,1-2H3,(H2,39,55)(H,41,45)(H,42,53)(H,44,52)(H,46,57)(H,47,54)(H,48,56)(H,49,58)(H,50,59)(H,51,60)(H3,40,43,61);2-6,10H,1H3;2-3H2,1H3,(H4,5,6,7)/t21-,25?,26-,27?,28-,29?;;/m0../s1. The van der Waals surface area contributed by atoms with Crippen molar-refractivity contribution in [3.05, 3.63) is 90.1 Å². The maximum absolute atomic E-state index is 14.2. The number of urea groups is 1. The molecule has 3 heterocycles. The predicted octanol–water partition coefficient (Wildman–Crippen LogP) is -1.97. The number of aromatic nitrogens is 3. The van der Waals surface area contributed by atoms with E-state index in [0.717, 1.165) is 13.0 Å². The minimum absolute atomic E-state index is 0.0281. The van der Waals surface area contributed by atoms with Gasteiger partial charge in [-0.3, -0.25) is 48.1 Å². The molecule has 5 rings (SSSR count). The molecule has 0 radical (unpaired) electrons. The number of nitrogens with zero attached hydrogens (tertiary/aromatic N) is 2. The van der Waals surface area contributed by atoms with E-state index in [1.807, 2.05) is 19.2 Å². The monoisotopic (exact) mass is 1090 g/mol. The van der Waals surface area contributed by atoms with Gasteiger partial charge in [0.1, 0.15) is 36.3 Å². The molecule has 27 heteroatoms. The number of H-pyrrole nitrogens is 2. The lowest BCUT2D eigenvalue weighted by Crippen LogP contribution is -2.60. The second-order valence-electron chi connectivity index (χ2n) is 18.2. The van der Waals surface area contributed by atoms with Crippen molar-refractivity contribution in [2.75, 3.05) is 26.2 Å². The maximum atomic E-state index is 14.2. The number of imidazole rings is 1. The Hall–Kier alpha value is -9.04. The van der Waals surface area contributed by atoms with Crippen molar-refractivity contribution in [3.63, 3.8) is 0 Å². The van der Waals surface area contributed by atoms with E-state index in [9.17, 15) is 47.9 Å². The third-order valence-electron chi connectivity index (χ3n) is 11.6. The second-order valence-corrected chi connectivity index (χ2v) is 18.2. The highest BCUT2D eigenvalue weighted by Gasteiger charge is 2.34. The van der Waals surface area contributed by atoms with Crippen molar-refractivity contribution < 1.29 is 47.9 Å². The molecule has 1 aliphatic rings. The molecule has 19 N–H and O–H groups in total. The molecule has 27 nitrogen and oxygen atoms in total. The highest BCUT2D eigenvalue weighted by Crippen LogP contribution is 2.16. The molecule has 6 atom stereocenters. The number of aromatic amines is 2. The Morgan fingerprint density at radius 1 is 0.756 bits per heavy atom. The van der Waals surface area contributed by atoms with Gasteiger partial charge < -0.3 is 80.8 Å². The summed E-state index contributed by atoms with van der Waals surface area (Å²) in [6, 6.07) is 7.99. The van der Waals surface area contributed by atoms with Crippen molar-refractivity contribution in [2.45, 2.75) is 122 Å². The third kappa shape index (κ3) is 24.1. The molecule has 11 amide bonds. The van der Waals surface area contributed by atoms with E-state index < -0.39 is 108 Å². The molecule has 4 aromatic rings. The first-order valence-electron chi connectivity index (χ1n) is 25.4. The average Bonchev–Trinajstić information content (AvgIpc) is 4.06. The van der Waals surface area contributed by atoms with Crippen LogP contribution in [0.15, 0.2) is 78.3 Å². The van der Waals surface area contributed by atoms with Gasteiger partial charge in [0.05, 0.1) is 19.3 Å². The smallest absolute Gasteiger partial charge is 0.312 e. The summed E-state index contributed by atoms with van der Waals surface area (Å²) in [5.74, 6) is -6.90. The number of fused-ring (bicyclic) bond motifs is 1. The normalized spacial score (nSPS) is 19.8. The Morgan fingerprint density at radius 2 is 1.41 bits per heavy atom. The number of guanidine groups is 1. The third-order valence-corrected chi connectivity index (χ3v) is 11.6. The lowest BCUT2D eigenvalue weighted by atomic mass is 10.0. The first-order chi connectivity index (χ1) is 37.2. The maximum Gasteiger partial charge on any atom is 0.312 e. The van der Waals surface area contributed by atoms with Gasteiger partial charge in [0, 0.05) is 68.4 Å². The van der Waals surface area contributed by atoms with Crippen molar-refractivity contribution in [3.8, 4) is 0 Å². The molecule has 1 saturated heterocycles. The van der Waals surface area contributed by atoms with Crippen LogP contribution in [0.2, 0.25) is 0 Å². The fourth-order valence-corrected chi connectivity index (χ4v) is 7.53. The molecular formula is C51H75N17O10. The van der Waals surface area contributed by atoms with E-state index in [1.54, 1.807) is 30.3 Å². The van der Waals surface area contributed by atoms with E-state index in [0.29, 0.717) is 17.7 Å². The summed E-state index contributed by atoms with van der Waals surface area (Å²) in [6.45, 7) is 6.98. The van der Waals surface area contributed by atoms with E-state index in [4.69, 9.17) is 22.9 Å². The van der Waals surface area contributed by atoms with Crippen LogP contribution in [-0.2, 0) is 56.0 Å². The molecule has 78 heavy (non-hydrogen) atoms. The molecule has 0 spiro atoms. The van der Waals surface area contributed by atoms with Gasteiger partial charge in [-0.2, -0.15) is 0 Å². The lowest BCUT2D eigenvalue weighted by molar-refractivity contribution is -0.136. The molecular weight excluding hydrogens is 1010 g/mol. The van der Waals surface area contributed by atoms with Gasteiger partial charge >= 0.3 is 6.03 Å². The van der Waals surface area contributed by atoms with E-state index >= 15 is 0 Å². The summed E-state index contributed by atoms with van der Waals surface area (Å²) in [4.78, 5) is 144. The first kappa shape index (κ1) is 63.3. The fourth-order valence-electron chi connectivity index (χ4n) is 7.53. The Morgan fingerprint density at radius 3 is 2.03 bits per heavy atom. The SMILES string of the molecule is CC(=O)NCC(=O)NC1CC(=O)NCCCCC(C(N)=O)NC(=O)[C@H](C)NC(=O)[C@H](CCCNC(N)=O)NC(=O)C(Cc2ccccc2)NC(=O)[C@H](Cc2cnc[nH]2)NC1=O.CCCN=C(N)N.Cc1c[nH]c2ccccc12. The largest absolute Gasteiger partial charge is 0.370 e. The van der Waals surface area contributed by atoms with Gasteiger partial charge in [-0.25, -0.2) is 9.78 Å². The predicted molar refractivity (Wildman–Crippen MR) is 290 cm³/mol. The molecule has 2 aromatic heterocycles. The van der Waals surface area contributed by atoms with Crippen molar-refractivity contribution in [1.29, 1.82) is 0 Å². The van der Waals surface area contributed by atoms with Gasteiger partial charge in [0.25, 0.3) is 0 Å². The number of benzene rings is 2. The highest BCUT2D eigenvalue weighted by molar-refractivity contribution is 5.98. The van der Waals surface area contributed by atoms with Crippen LogP contribution < -0.4 is 70.8 Å². The molecule has 2 aromatic carbocycles. The summed E-state index contributed by atoms with van der Waals surface area (Å²) < 4.78 is 0. The van der Waals surface area contributed by atoms with Crippen LogP contribution in [0.5, 0.6) is 0 Å². The van der Waals surface area contributed by atoms with E-state index in [2.05, 4.69) is 92.9 Å². The molecule has 424 valence electrons. The number of aliphatic imine (C=N–C) groups is 1. The number of hydrogen-bond acceptors (Lipinski definition) is 12. The van der Waals surface area contributed by atoms with Crippen LogP contribution in [0.3, 0.4) is 0 Å².